The second kappa shape index (κ2) is 6.49. The van der Waals surface area contributed by atoms with Gasteiger partial charge in [0.25, 0.3) is 0 Å². The van der Waals surface area contributed by atoms with E-state index in [1.165, 1.54) is 0 Å². The zero-order chi connectivity index (χ0) is 13.8. The highest BCUT2D eigenvalue weighted by Crippen LogP contribution is 2.29. The van der Waals surface area contributed by atoms with E-state index in [4.69, 9.17) is 21.1 Å². The van der Waals surface area contributed by atoms with Crippen LogP contribution in [0.5, 0.6) is 5.75 Å². The molecule has 1 heterocycles. The van der Waals surface area contributed by atoms with E-state index in [1.54, 1.807) is 7.11 Å². The van der Waals surface area contributed by atoms with Crippen molar-refractivity contribution in [2.45, 2.75) is 38.8 Å². The summed E-state index contributed by atoms with van der Waals surface area (Å²) >= 11 is 6.14. The van der Waals surface area contributed by atoms with Gasteiger partial charge in [0, 0.05) is 18.3 Å². The van der Waals surface area contributed by atoms with Crippen LogP contribution >= 0.6 is 11.6 Å². The Bertz CT molecular complexity index is 423. The summed E-state index contributed by atoms with van der Waals surface area (Å²) in [7, 11) is 1.63. The molecule has 0 saturated carbocycles. The second-order valence-electron chi connectivity index (χ2n) is 5.37. The van der Waals surface area contributed by atoms with Gasteiger partial charge >= 0.3 is 0 Å². The van der Waals surface area contributed by atoms with E-state index in [9.17, 15) is 0 Å². The highest BCUT2D eigenvalue weighted by atomic mass is 35.5. The van der Waals surface area contributed by atoms with E-state index >= 15 is 0 Å². The Hall–Kier alpha value is -0.930. The first-order valence-corrected chi connectivity index (χ1v) is 7.19. The van der Waals surface area contributed by atoms with Crippen molar-refractivity contribution in [3.8, 4) is 5.75 Å². The van der Waals surface area contributed by atoms with E-state index in [2.05, 4.69) is 19.2 Å². The summed E-state index contributed by atoms with van der Waals surface area (Å²) in [5.41, 5.74) is 1.04. The number of rotatable bonds is 4. The molecule has 1 aliphatic heterocycles. The van der Waals surface area contributed by atoms with Crippen molar-refractivity contribution in [1.82, 2.24) is 0 Å². The van der Waals surface area contributed by atoms with E-state index < -0.39 is 0 Å². The van der Waals surface area contributed by atoms with Gasteiger partial charge in [-0.15, -0.1) is 0 Å². The maximum absolute atomic E-state index is 6.14. The standard InChI is InChI=1S/C15H22ClNO2/c1-10(2)15-9-12(6-7-19-15)17-11-4-5-14(18-3)13(16)8-11/h4-5,8,10,12,15,17H,6-7,9H2,1-3H3. The lowest BCUT2D eigenvalue weighted by atomic mass is 9.95. The van der Waals surface area contributed by atoms with Crippen LogP contribution in [-0.2, 0) is 4.74 Å². The number of hydrogen-bond donors (Lipinski definition) is 1. The van der Waals surface area contributed by atoms with Crippen molar-refractivity contribution in [1.29, 1.82) is 0 Å². The molecule has 3 nitrogen and oxygen atoms in total. The average Bonchev–Trinajstić information content (AvgIpc) is 2.39. The maximum atomic E-state index is 6.14. The number of ether oxygens (including phenoxy) is 2. The Morgan fingerprint density at radius 2 is 2.21 bits per heavy atom. The molecule has 0 aromatic heterocycles. The van der Waals surface area contributed by atoms with Crippen molar-refractivity contribution < 1.29 is 9.47 Å². The largest absolute Gasteiger partial charge is 0.495 e. The van der Waals surface area contributed by atoms with Crippen LogP contribution in [0.25, 0.3) is 0 Å². The summed E-state index contributed by atoms with van der Waals surface area (Å²) in [5.74, 6) is 1.27. The lowest BCUT2D eigenvalue weighted by molar-refractivity contribution is -0.0160. The van der Waals surface area contributed by atoms with E-state index in [1.807, 2.05) is 18.2 Å². The molecule has 1 saturated heterocycles. The number of halogens is 1. The van der Waals surface area contributed by atoms with Crippen LogP contribution < -0.4 is 10.1 Å². The zero-order valence-electron chi connectivity index (χ0n) is 11.8. The molecule has 106 valence electrons. The first-order valence-electron chi connectivity index (χ1n) is 6.82. The minimum Gasteiger partial charge on any atom is -0.495 e. The van der Waals surface area contributed by atoms with Crippen LogP contribution in [0.15, 0.2) is 18.2 Å². The number of benzene rings is 1. The van der Waals surface area contributed by atoms with E-state index in [-0.39, 0.29) is 0 Å². The predicted molar refractivity (Wildman–Crippen MR) is 79.2 cm³/mol. The van der Waals surface area contributed by atoms with Crippen molar-refractivity contribution in [2.75, 3.05) is 19.0 Å². The molecule has 1 N–H and O–H groups in total. The first-order chi connectivity index (χ1) is 9.10. The summed E-state index contributed by atoms with van der Waals surface area (Å²) in [6.07, 6.45) is 2.42. The fourth-order valence-corrected chi connectivity index (χ4v) is 2.67. The third-order valence-electron chi connectivity index (χ3n) is 3.58. The van der Waals surface area contributed by atoms with Gasteiger partial charge in [-0.1, -0.05) is 25.4 Å². The predicted octanol–water partition coefficient (Wildman–Crippen LogP) is 3.96. The third-order valence-corrected chi connectivity index (χ3v) is 3.88. The van der Waals surface area contributed by atoms with Crippen LogP contribution in [0.3, 0.4) is 0 Å². The molecule has 1 aromatic rings. The Morgan fingerprint density at radius 3 is 2.84 bits per heavy atom. The van der Waals surface area contributed by atoms with Crippen molar-refractivity contribution in [3.05, 3.63) is 23.2 Å². The molecule has 0 radical (unpaired) electrons. The van der Waals surface area contributed by atoms with E-state index in [0.717, 1.165) is 25.1 Å². The highest BCUT2D eigenvalue weighted by molar-refractivity contribution is 6.32. The molecule has 0 spiro atoms. The number of methoxy groups -OCH3 is 1. The van der Waals surface area contributed by atoms with Crippen LogP contribution in [0.2, 0.25) is 5.02 Å². The Morgan fingerprint density at radius 1 is 1.42 bits per heavy atom. The molecule has 2 unspecified atom stereocenters. The molecule has 0 bridgehead atoms. The van der Waals surface area contributed by atoms with Gasteiger partial charge in [0.2, 0.25) is 0 Å². The lowest BCUT2D eigenvalue weighted by Crippen LogP contribution is -2.36. The summed E-state index contributed by atoms with van der Waals surface area (Å²) < 4.78 is 10.9. The Labute approximate surface area is 120 Å². The van der Waals surface area contributed by atoms with Crippen molar-refractivity contribution in [2.24, 2.45) is 5.92 Å². The van der Waals surface area contributed by atoms with Crippen LogP contribution in [0, 0.1) is 5.92 Å². The number of nitrogens with one attached hydrogen (secondary N) is 1. The SMILES string of the molecule is COc1ccc(NC2CCOC(C(C)C)C2)cc1Cl. The van der Waals surface area contributed by atoms with Gasteiger partial charge in [-0.25, -0.2) is 0 Å². The van der Waals surface area contributed by atoms with Gasteiger partial charge < -0.3 is 14.8 Å². The molecule has 19 heavy (non-hydrogen) atoms. The quantitative estimate of drug-likeness (QED) is 0.907. The fourth-order valence-electron chi connectivity index (χ4n) is 2.42. The fraction of sp³-hybridized carbons (Fsp3) is 0.600. The van der Waals surface area contributed by atoms with Crippen molar-refractivity contribution >= 4 is 17.3 Å². The van der Waals surface area contributed by atoms with E-state index in [0.29, 0.717) is 28.8 Å². The Kier molecular flexibility index (Phi) is 4.94. The maximum Gasteiger partial charge on any atom is 0.137 e. The molecule has 1 aliphatic rings. The van der Waals surface area contributed by atoms with Crippen molar-refractivity contribution in [3.63, 3.8) is 0 Å². The molecule has 4 heteroatoms. The first kappa shape index (κ1) is 14.5. The molecule has 2 rings (SSSR count). The molecule has 1 fully saturated rings. The number of anilines is 1. The van der Waals surface area contributed by atoms with Crippen LogP contribution in [0.1, 0.15) is 26.7 Å². The molecular formula is C15H22ClNO2. The normalized spacial score (nSPS) is 23.4. The second-order valence-corrected chi connectivity index (χ2v) is 5.78. The lowest BCUT2D eigenvalue weighted by Gasteiger charge is -2.33. The molecule has 0 amide bonds. The topological polar surface area (TPSA) is 30.5 Å². The molecule has 1 aromatic carbocycles. The minimum absolute atomic E-state index is 0.347. The highest BCUT2D eigenvalue weighted by Gasteiger charge is 2.24. The van der Waals surface area contributed by atoms with Crippen LogP contribution in [-0.4, -0.2) is 25.9 Å². The van der Waals surface area contributed by atoms with Gasteiger partial charge in [-0.05, 0) is 37.0 Å². The summed E-state index contributed by atoms with van der Waals surface area (Å²) in [4.78, 5) is 0. The monoisotopic (exact) mass is 283 g/mol. The minimum atomic E-state index is 0.347. The van der Waals surface area contributed by atoms with Gasteiger partial charge in [0.1, 0.15) is 5.75 Å². The third kappa shape index (κ3) is 3.77. The van der Waals surface area contributed by atoms with Crippen LogP contribution in [0.4, 0.5) is 5.69 Å². The Balaban J connectivity index is 1.98. The van der Waals surface area contributed by atoms with Gasteiger partial charge in [0.15, 0.2) is 0 Å². The number of hydrogen-bond acceptors (Lipinski definition) is 3. The van der Waals surface area contributed by atoms with Gasteiger partial charge in [0.05, 0.1) is 18.2 Å². The zero-order valence-corrected chi connectivity index (χ0v) is 12.5. The molecule has 2 atom stereocenters. The molecule has 0 aliphatic carbocycles. The smallest absolute Gasteiger partial charge is 0.137 e. The summed E-state index contributed by atoms with van der Waals surface area (Å²) in [6, 6.07) is 6.26. The summed E-state index contributed by atoms with van der Waals surface area (Å²) in [6.45, 7) is 5.24. The van der Waals surface area contributed by atoms with Gasteiger partial charge in [-0.2, -0.15) is 0 Å². The molecular weight excluding hydrogens is 262 g/mol. The van der Waals surface area contributed by atoms with Gasteiger partial charge in [-0.3, -0.25) is 0 Å². The average molecular weight is 284 g/mol. The summed E-state index contributed by atoms with van der Waals surface area (Å²) in [5, 5.41) is 4.18.